The van der Waals surface area contributed by atoms with Gasteiger partial charge in [0.15, 0.2) is 0 Å². The molecule has 0 spiro atoms. The van der Waals surface area contributed by atoms with E-state index in [4.69, 9.17) is 0 Å². The zero-order valence-corrected chi connectivity index (χ0v) is 27.9. The SMILES string of the molecule is C1=CC2NC1C(c1ccccc1)C1CCC(N1)C(c1ccccc1)C1CCC(N1)C(c1ccccc1)C1CC[C@@H](N1)C2c1ccccc1. The summed E-state index contributed by atoms with van der Waals surface area (Å²) >= 11 is 0. The molecule has 0 saturated carbocycles. The lowest BCUT2D eigenvalue weighted by Crippen LogP contribution is -2.52. The largest absolute Gasteiger partial charge is 0.310 e. The molecule has 4 aromatic carbocycles. The molecular formula is C44H50N4. The van der Waals surface area contributed by atoms with Gasteiger partial charge in [-0.3, -0.25) is 0 Å². The molecule has 8 bridgehead atoms. The van der Waals surface area contributed by atoms with E-state index in [0.717, 1.165) is 0 Å². The highest BCUT2D eigenvalue weighted by Gasteiger charge is 2.48. The molecule has 4 nitrogen and oxygen atoms in total. The van der Waals surface area contributed by atoms with Gasteiger partial charge in [-0.1, -0.05) is 133 Å². The average molecular weight is 635 g/mol. The monoisotopic (exact) mass is 634 g/mol. The molecule has 4 aromatic rings. The number of nitrogens with one attached hydrogen (secondary N) is 4. The van der Waals surface area contributed by atoms with Crippen LogP contribution in [0.1, 0.15) is 84.5 Å². The molecule has 4 fully saturated rings. The molecule has 0 aliphatic carbocycles. The number of rotatable bonds is 4. The zero-order valence-electron chi connectivity index (χ0n) is 27.9. The number of benzene rings is 4. The van der Waals surface area contributed by atoms with Crippen molar-refractivity contribution in [3.05, 3.63) is 156 Å². The van der Waals surface area contributed by atoms with Gasteiger partial charge in [-0.15, -0.1) is 0 Å². The number of fused-ring (bicyclic) bond motifs is 8. The third-order valence-corrected chi connectivity index (χ3v) is 12.7. The lowest BCUT2D eigenvalue weighted by Gasteiger charge is -2.37. The van der Waals surface area contributed by atoms with Gasteiger partial charge >= 0.3 is 0 Å². The summed E-state index contributed by atoms with van der Waals surface area (Å²) < 4.78 is 0. The molecule has 4 N–H and O–H groups in total. The van der Waals surface area contributed by atoms with Gasteiger partial charge < -0.3 is 21.3 Å². The molecule has 0 amide bonds. The molecule has 0 aromatic heterocycles. The van der Waals surface area contributed by atoms with Crippen LogP contribution >= 0.6 is 0 Å². The summed E-state index contributed by atoms with van der Waals surface area (Å²) in [6, 6.07) is 48.7. The Morgan fingerprint density at radius 3 is 0.833 bits per heavy atom. The van der Waals surface area contributed by atoms with Crippen molar-refractivity contribution >= 4 is 0 Å². The smallest absolute Gasteiger partial charge is 0.0340 e. The van der Waals surface area contributed by atoms with Crippen LogP contribution < -0.4 is 21.3 Å². The average Bonchev–Trinajstić information content (AvgIpc) is 3.98. The Kier molecular flexibility index (Phi) is 8.52. The third kappa shape index (κ3) is 5.77. The predicted molar refractivity (Wildman–Crippen MR) is 196 cm³/mol. The van der Waals surface area contributed by atoms with Crippen LogP contribution in [0.25, 0.3) is 0 Å². The van der Waals surface area contributed by atoms with Gasteiger partial charge in [-0.2, -0.15) is 0 Å². The van der Waals surface area contributed by atoms with Crippen LogP contribution in [-0.4, -0.2) is 48.3 Å². The molecule has 246 valence electrons. The quantitative estimate of drug-likeness (QED) is 0.177. The molecule has 4 saturated heterocycles. The minimum Gasteiger partial charge on any atom is -0.310 e. The Bertz CT molecular complexity index is 1540. The number of hydrogen-bond acceptors (Lipinski definition) is 4. The molecule has 48 heavy (non-hydrogen) atoms. The van der Waals surface area contributed by atoms with E-state index in [1.807, 2.05) is 0 Å². The highest BCUT2D eigenvalue weighted by molar-refractivity contribution is 5.35. The van der Waals surface area contributed by atoms with E-state index >= 15 is 0 Å². The molecule has 5 heterocycles. The molecule has 5 aliphatic rings. The van der Waals surface area contributed by atoms with E-state index in [9.17, 15) is 0 Å². The first-order chi connectivity index (χ1) is 23.8. The molecule has 9 rings (SSSR count). The van der Waals surface area contributed by atoms with Gasteiger partial charge in [0, 0.05) is 72.0 Å². The van der Waals surface area contributed by atoms with Crippen molar-refractivity contribution in [3.8, 4) is 0 Å². The summed E-state index contributed by atoms with van der Waals surface area (Å²) in [7, 11) is 0. The fraction of sp³-hybridized carbons (Fsp3) is 0.409. The Labute approximate surface area is 286 Å². The summed E-state index contributed by atoms with van der Waals surface area (Å²) in [5.74, 6) is 1.62. The standard InChI is InChI=1S/C44H50N4/c1-5-13-29(14-6-1)41-33-21-23-35(45-33)42(30-15-7-2-8-16-30)37-25-27-39(47-37)44(32-19-11-4-12-20-32)40-28-26-38(48-40)43(31-17-9-3-10-18-31)36-24-22-34(41)46-36/h1-21,23,33-48H,22,24-28H2/t33?,34-,35?,36?,37?,38?,39?,40?,41?,42?,43?,44?/m1/s1. The Balaban J connectivity index is 1.14. The number of hydrogen-bond donors (Lipinski definition) is 4. The van der Waals surface area contributed by atoms with Crippen LogP contribution in [0.15, 0.2) is 133 Å². The van der Waals surface area contributed by atoms with Crippen LogP contribution in [-0.2, 0) is 0 Å². The van der Waals surface area contributed by atoms with Crippen LogP contribution in [0.3, 0.4) is 0 Å². The van der Waals surface area contributed by atoms with E-state index in [2.05, 4.69) is 155 Å². The molecule has 0 radical (unpaired) electrons. The fourth-order valence-electron chi connectivity index (χ4n) is 10.7. The second-order valence-corrected chi connectivity index (χ2v) is 15.2. The van der Waals surface area contributed by atoms with Gasteiger partial charge in [-0.05, 0) is 60.8 Å². The maximum absolute atomic E-state index is 4.35. The highest BCUT2D eigenvalue weighted by atomic mass is 15.1. The first-order valence-electron chi connectivity index (χ1n) is 18.7. The summed E-state index contributed by atoms with van der Waals surface area (Å²) in [6.45, 7) is 0. The van der Waals surface area contributed by atoms with Crippen molar-refractivity contribution in [1.29, 1.82) is 0 Å². The molecular weight excluding hydrogens is 585 g/mol. The maximum Gasteiger partial charge on any atom is 0.0340 e. The van der Waals surface area contributed by atoms with Crippen molar-refractivity contribution in [1.82, 2.24) is 21.3 Å². The Hall–Kier alpha value is -3.54. The molecule has 5 aliphatic heterocycles. The van der Waals surface area contributed by atoms with Crippen molar-refractivity contribution < 1.29 is 0 Å². The topological polar surface area (TPSA) is 48.1 Å². The molecule has 12 atom stereocenters. The second kappa shape index (κ2) is 13.4. The summed E-state index contributed by atoms with van der Waals surface area (Å²) in [5, 5.41) is 17.2. The first kappa shape index (κ1) is 30.5. The Morgan fingerprint density at radius 1 is 0.292 bits per heavy atom. The molecule has 4 heteroatoms. The van der Waals surface area contributed by atoms with Crippen molar-refractivity contribution in [2.24, 2.45) is 0 Å². The highest BCUT2D eigenvalue weighted by Crippen LogP contribution is 2.44. The molecule has 11 unspecified atom stereocenters. The van der Waals surface area contributed by atoms with Gasteiger partial charge in [-0.25, -0.2) is 0 Å². The first-order valence-corrected chi connectivity index (χ1v) is 18.7. The van der Waals surface area contributed by atoms with Crippen molar-refractivity contribution in [2.75, 3.05) is 0 Å². The van der Waals surface area contributed by atoms with E-state index in [0.29, 0.717) is 59.9 Å². The lowest BCUT2D eigenvalue weighted by atomic mass is 9.83. The Morgan fingerprint density at radius 2 is 0.542 bits per heavy atom. The van der Waals surface area contributed by atoms with E-state index in [1.165, 1.54) is 60.8 Å². The van der Waals surface area contributed by atoms with Gasteiger partial charge in [0.05, 0.1) is 0 Å². The normalized spacial score (nSPS) is 37.5. The van der Waals surface area contributed by atoms with E-state index in [1.54, 1.807) is 0 Å². The van der Waals surface area contributed by atoms with Crippen molar-refractivity contribution in [3.63, 3.8) is 0 Å². The summed E-state index contributed by atoms with van der Waals surface area (Å²) in [5.41, 5.74) is 5.84. The van der Waals surface area contributed by atoms with Gasteiger partial charge in [0.2, 0.25) is 0 Å². The summed E-state index contributed by atoms with van der Waals surface area (Å²) in [4.78, 5) is 0. The summed E-state index contributed by atoms with van der Waals surface area (Å²) in [6.07, 6.45) is 12.3. The van der Waals surface area contributed by atoms with Crippen LogP contribution in [0.2, 0.25) is 0 Å². The van der Waals surface area contributed by atoms with Gasteiger partial charge in [0.25, 0.3) is 0 Å². The predicted octanol–water partition coefficient (Wildman–Crippen LogP) is 7.39. The van der Waals surface area contributed by atoms with Crippen LogP contribution in [0, 0.1) is 0 Å². The zero-order chi connectivity index (χ0) is 31.9. The van der Waals surface area contributed by atoms with Crippen molar-refractivity contribution in [2.45, 2.75) is 111 Å². The van der Waals surface area contributed by atoms with Gasteiger partial charge in [0.1, 0.15) is 0 Å². The lowest BCUT2D eigenvalue weighted by molar-refractivity contribution is 0.310. The maximum atomic E-state index is 4.35. The van der Waals surface area contributed by atoms with Crippen LogP contribution in [0.5, 0.6) is 0 Å². The fourth-order valence-corrected chi connectivity index (χ4v) is 10.7. The minimum atomic E-state index is 0.284. The van der Waals surface area contributed by atoms with E-state index in [-0.39, 0.29) is 12.1 Å². The van der Waals surface area contributed by atoms with E-state index < -0.39 is 0 Å². The third-order valence-electron chi connectivity index (χ3n) is 12.7. The second-order valence-electron chi connectivity index (χ2n) is 15.2. The minimum absolute atomic E-state index is 0.284. The van der Waals surface area contributed by atoms with Crippen LogP contribution in [0.4, 0.5) is 0 Å².